The van der Waals surface area contributed by atoms with E-state index in [0.29, 0.717) is 0 Å². The summed E-state index contributed by atoms with van der Waals surface area (Å²) in [4.78, 5) is -0.451. The van der Waals surface area contributed by atoms with E-state index < -0.39 is 20.7 Å². The minimum Gasteiger partial charge on any atom is -0.326 e. The van der Waals surface area contributed by atoms with E-state index in [0.717, 1.165) is 18.9 Å². The molecule has 3 N–H and O–H groups in total. The fourth-order valence-corrected chi connectivity index (χ4v) is 4.13. The second-order valence-corrected chi connectivity index (χ2v) is 7.19. The lowest BCUT2D eigenvalue weighted by molar-refractivity contribution is 0.390. The standard InChI is InChI=1S/C14H22ClFN2O2S/c1-4-10(5-2)9(3)18-21(19,20)13-7-12(15)6-11(8-17)14(13)16/h6-7,9-10,18H,4-5,8,17H2,1-3H3. The Morgan fingerprint density at radius 2 is 1.90 bits per heavy atom. The number of hydrogen-bond acceptors (Lipinski definition) is 3. The molecule has 120 valence electrons. The van der Waals surface area contributed by atoms with Crippen molar-refractivity contribution in [3.05, 3.63) is 28.5 Å². The van der Waals surface area contributed by atoms with Crippen molar-refractivity contribution in [3.63, 3.8) is 0 Å². The van der Waals surface area contributed by atoms with Gasteiger partial charge in [-0.15, -0.1) is 0 Å². The zero-order chi connectivity index (χ0) is 16.2. The molecule has 0 aliphatic carbocycles. The van der Waals surface area contributed by atoms with Gasteiger partial charge < -0.3 is 5.73 Å². The van der Waals surface area contributed by atoms with Crippen LogP contribution in [-0.2, 0) is 16.6 Å². The average molecular weight is 337 g/mol. The molecule has 1 atom stereocenters. The molecule has 1 aromatic carbocycles. The van der Waals surface area contributed by atoms with E-state index in [1.807, 2.05) is 13.8 Å². The zero-order valence-electron chi connectivity index (χ0n) is 12.5. The van der Waals surface area contributed by atoms with Gasteiger partial charge >= 0.3 is 0 Å². The molecule has 0 saturated heterocycles. The van der Waals surface area contributed by atoms with Gasteiger partial charge in [-0.05, 0) is 25.0 Å². The molecule has 0 bridgehead atoms. The molecule has 0 heterocycles. The molecule has 4 nitrogen and oxygen atoms in total. The van der Waals surface area contributed by atoms with Crippen LogP contribution in [0.5, 0.6) is 0 Å². The van der Waals surface area contributed by atoms with Gasteiger partial charge in [-0.25, -0.2) is 17.5 Å². The average Bonchev–Trinajstić information content (AvgIpc) is 2.41. The molecule has 0 amide bonds. The topological polar surface area (TPSA) is 72.2 Å². The van der Waals surface area contributed by atoms with Crippen molar-refractivity contribution in [2.24, 2.45) is 11.7 Å². The third-order valence-electron chi connectivity index (χ3n) is 3.69. The zero-order valence-corrected chi connectivity index (χ0v) is 14.1. The van der Waals surface area contributed by atoms with E-state index in [-0.39, 0.29) is 29.1 Å². The maximum Gasteiger partial charge on any atom is 0.243 e. The minimum absolute atomic E-state index is 0.0815. The van der Waals surface area contributed by atoms with Crippen LogP contribution in [0, 0.1) is 11.7 Å². The third-order valence-corrected chi connectivity index (χ3v) is 5.46. The quantitative estimate of drug-likeness (QED) is 0.803. The monoisotopic (exact) mass is 336 g/mol. The minimum atomic E-state index is -3.98. The van der Waals surface area contributed by atoms with E-state index in [9.17, 15) is 12.8 Å². The molecule has 0 radical (unpaired) electrons. The van der Waals surface area contributed by atoms with Gasteiger partial charge in [0.15, 0.2) is 0 Å². The summed E-state index contributed by atoms with van der Waals surface area (Å²) >= 11 is 5.85. The van der Waals surface area contributed by atoms with Crippen molar-refractivity contribution in [1.29, 1.82) is 0 Å². The first kappa shape index (κ1) is 18.4. The van der Waals surface area contributed by atoms with Gasteiger partial charge in [-0.2, -0.15) is 0 Å². The Hall–Kier alpha value is -0.690. The van der Waals surface area contributed by atoms with Crippen LogP contribution in [0.15, 0.2) is 17.0 Å². The molecule has 1 aromatic rings. The normalized spacial score (nSPS) is 13.7. The van der Waals surface area contributed by atoms with Crippen LogP contribution in [-0.4, -0.2) is 14.5 Å². The molecule has 7 heteroatoms. The summed E-state index contributed by atoms with van der Waals surface area (Å²) in [5.74, 6) is -0.651. The van der Waals surface area contributed by atoms with Crippen molar-refractivity contribution < 1.29 is 12.8 Å². The van der Waals surface area contributed by atoms with Crippen molar-refractivity contribution in [1.82, 2.24) is 4.72 Å². The number of benzene rings is 1. The van der Waals surface area contributed by atoms with Gasteiger partial charge in [0.25, 0.3) is 0 Å². The molecule has 21 heavy (non-hydrogen) atoms. The molecule has 1 rings (SSSR count). The van der Waals surface area contributed by atoms with E-state index in [1.54, 1.807) is 6.92 Å². The Morgan fingerprint density at radius 3 is 2.38 bits per heavy atom. The number of rotatable bonds is 7. The van der Waals surface area contributed by atoms with Crippen LogP contribution in [0.25, 0.3) is 0 Å². The lowest BCUT2D eigenvalue weighted by atomic mass is 9.96. The number of hydrogen-bond donors (Lipinski definition) is 2. The lowest BCUT2D eigenvalue weighted by Gasteiger charge is -2.22. The Morgan fingerprint density at radius 1 is 1.33 bits per heavy atom. The number of nitrogens with one attached hydrogen (secondary N) is 1. The largest absolute Gasteiger partial charge is 0.326 e. The summed E-state index contributed by atoms with van der Waals surface area (Å²) in [6, 6.07) is 2.16. The summed E-state index contributed by atoms with van der Waals surface area (Å²) in [6.07, 6.45) is 1.68. The molecular formula is C14H22ClFN2O2S. The van der Waals surface area contributed by atoms with Gasteiger partial charge in [0, 0.05) is 23.2 Å². The highest BCUT2D eigenvalue weighted by atomic mass is 35.5. The smallest absolute Gasteiger partial charge is 0.243 e. The first-order chi connectivity index (χ1) is 9.76. The van der Waals surface area contributed by atoms with Crippen molar-refractivity contribution in [3.8, 4) is 0 Å². The van der Waals surface area contributed by atoms with Crippen molar-refractivity contribution >= 4 is 21.6 Å². The van der Waals surface area contributed by atoms with Crippen LogP contribution in [0.4, 0.5) is 4.39 Å². The highest BCUT2D eigenvalue weighted by Crippen LogP contribution is 2.24. The second-order valence-electron chi connectivity index (χ2n) is 5.07. The Bertz CT molecular complexity index is 589. The Labute approximate surface area is 130 Å². The van der Waals surface area contributed by atoms with Gasteiger partial charge in [-0.1, -0.05) is 38.3 Å². The lowest BCUT2D eigenvalue weighted by Crippen LogP contribution is -2.38. The maximum atomic E-state index is 14.2. The van der Waals surface area contributed by atoms with Crippen LogP contribution >= 0.6 is 11.6 Å². The predicted molar refractivity (Wildman–Crippen MR) is 83.2 cm³/mol. The van der Waals surface area contributed by atoms with Crippen molar-refractivity contribution in [2.75, 3.05) is 0 Å². The third kappa shape index (κ3) is 4.39. The van der Waals surface area contributed by atoms with Crippen LogP contribution < -0.4 is 10.5 Å². The molecule has 1 unspecified atom stereocenters. The van der Waals surface area contributed by atoms with E-state index >= 15 is 0 Å². The molecule has 0 aliphatic rings. The Kier molecular flexibility index (Phi) is 6.59. The molecular weight excluding hydrogens is 315 g/mol. The first-order valence-corrected chi connectivity index (χ1v) is 8.83. The molecule has 0 aliphatic heterocycles. The highest BCUT2D eigenvalue weighted by Gasteiger charge is 2.26. The number of nitrogens with two attached hydrogens (primary N) is 1. The van der Waals surface area contributed by atoms with E-state index in [1.165, 1.54) is 6.07 Å². The molecule has 0 fully saturated rings. The maximum absolute atomic E-state index is 14.2. The Balaban J connectivity index is 3.17. The van der Waals surface area contributed by atoms with Gasteiger partial charge in [-0.3, -0.25) is 0 Å². The predicted octanol–water partition coefficient (Wildman–Crippen LogP) is 3.04. The summed E-state index contributed by atoms with van der Waals surface area (Å²) in [7, 11) is -3.98. The van der Waals surface area contributed by atoms with E-state index in [2.05, 4.69) is 4.72 Å². The molecule has 0 saturated carbocycles. The summed E-state index contributed by atoms with van der Waals surface area (Å²) in [5.41, 5.74) is 5.49. The SMILES string of the molecule is CCC(CC)C(C)NS(=O)(=O)c1cc(Cl)cc(CN)c1F. The second kappa shape index (κ2) is 7.54. The van der Waals surface area contributed by atoms with Crippen molar-refractivity contribution in [2.45, 2.75) is 51.1 Å². The van der Waals surface area contributed by atoms with Gasteiger partial charge in [0.1, 0.15) is 10.7 Å². The van der Waals surface area contributed by atoms with Crippen LogP contribution in [0.1, 0.15) is 39.2 Å². The summed E-state index contributed by atoms with van der Waals surface area (Å²) in [5, 5.41) is 0.146. The fraction of sp³-hybridized carbons (Fsp3) is 0.571. The highest BCUT2D eigenvalue weighted by molar-refractivity contribution is 7.89. The summed E-state index contributed by atoms with van der Waals surface area (Å²) < 4.78 is 41.5. The fourth-order valence-electron chi connectivity index (χ4n) is 2.36. The first-order valence-electron chi connectivity index (χ1n) is 6.97. The molecule has 0 spiro atoms. The van der Waals surface area contributed by atoms with Gasteiger partial charge in [0.2, 0.25) is 10.0 Å². The number of sulfonamides is 1. The van der Waals surface area contributed by atoms with E-state index in [4.69, 9.17) is 17.3 Å². The number of halogens is 2. The van der Waals surface area contributed by atoms with Gasteiger partial charge in [0.05, 0.1) is 0 Å². The summed E-state index contributed by atoms with van der Waals surface area (Å²) in [6.45, 7) is 5.65. The molecule has 0 aromatic heterocycles. The van der Waals surface area contributed by atoms with Crippen LogP contribution in [0.3, 0.4) is 0 Å². The van der Waals surface area contributed by atoms with Crippen LogP contribution in [0.2, 0.25) is 5.02 Å².